The average Bonchev–Trinajstić information content (AvgIpc) is 3.24. The number of hydrogen-bond donors (Lipinski definition) is 2. The van der Waals surface area contributed by atoms with Gasteiger partial charge in [-0.25, -0.2) is 15.0 Å². The molecule has 0 spiro atoms. The lowest BCUT2D eigenvalue weighted by molar-refractivity contribution is 0.0714. The third-order valence-electron chi connectivity index (χ3n) is 5.44. The summed E-state index contributed by atoms with van der Waals surface area (Å²) < 4.78 is 0.901. The van der Waals surface area contributed by atoms with Gasteiger partial charge in [0.15, 0.2) is 5.01 Å². The Bertz CT molecular complexity index is 1270. The molecule has 0 radical (unpaired) electrons. The van der Waals surface area contributed by atoms with Crippen molar-refractivity contribution in [2.24, 2.45) is 5.73 Å². The highest BCUT2D eigenvalue weighted by atomic mass is 32.2. The van der Waals surface area contributed by atoms with E-state index in [0.717, 1.165) is 44.5 Å². The van der Waals surface area contributed by atoms with Crippen molar-refractivity contribution in [1.82, 2.24) is 19.9 Å². The van der Waals surface area contributed by atoms with Crippen LogP contribution in [0.25, 0.3) is 21.1 Å². The molecule has 0 saturated carbocycles. The number of thioether (sulfide) groups is 1. The van der Waals surface area contributed by atoms with Crippen molar-refractivity contribution >= 4 is 61.8 Å². The third kappa shape index (κ3) is 4.08. The first-order valence-electron chi connectivity index (χ1n) is 10.1. The normalized spacial score (nSPS) is 15.0. The second kappa shape index (κ2) is 8.41. The van der Waals surface area contributed by atoms with Crippen LogP contribution >= 0.6 is 23.1 Å². The molecule has 2 aromatic heterocycles. The molecule has 0 aliphatic carbocycles. The summed E-state index contributed by atoms with van der Waals surface area (Å²) >= 11 is 3.08. The quantitative estimate of drug-likeness (QED) is 0.448. The van der Waals surface area contributed by atoms with Crippen molar-refractivity contribution in [3.63, 3.8) is 0 Å². The Labute approximate surface area is 188 Å². The molecule has 2 aromatic carbocycles. The van der Waals surface area contributed by atoms with Crippen molar-refractivity contribution in [3.05, 3.63) is 47.6 Å². The molecule has 0 bridgehead atoms. The molecule has 7 nitrogen and oxygen atoms in total. The zero-order valence-electron chi connectivity index (χ0n) is 17.0. The maximum atomic E-state index is 13.0. The van der Waals surface area contributed by atoms with Crippen LogP contribution in [0.1, 0.15) is 22.6 Å². The van der Waals surface area contributed by atoms with Gasteiger partial charge in [-0.05, 0) is 49.4 Å². The van der Waals surface area contributed by atoms with E-state index in [0.29, 0.717) is 24.0 Å². The Hall–Kier alpha value is -2.75. The van der Waals surface area contributed by atoms with Crippen LogP contribution in [0.2, 0.25) is 0 Å². The molecule has 4 aromatic rings. The molecule has 1 aliphatic heterocycles. The standard InChI is InChI=1S/C22H22N6OS2/c1-30-16-4-2-3-15(11-16)25-22-24-12-13-5-6-17-19(18(13)27-22)31-20(26-17)21(29)28-9-7-14(23)8-10-28/h2-6,11-12,14H,7-10,23H2,1H3,(H,24,25,27). The number of thiazole rings is 1. The van der Waals surface area contributed by atoms with E-state index in [4.69, 9.17) is 10.7 Å². The van der Waals surface area contributed by atoms with Gasteiger partial charge >= 0.3 is 0 Å². The number of nitrogens with two attached hydrogens (primary N) is 1. The van der Waals surface area contributed by atoms with Crippen molar-refractivity contribution in [1.29, 1.82) is 0 Å². The summed E-state index contributed by atoms with van der Waals surface area (Å²) in [6.07, 6.45) is 5.51. The fourth-order valence-corrected chi connectivity index (χ4v) is 5.19. The molecule has 3 N–H and O–H groups in total. The van der Waals surface area contributed by atoms with E-state index in [1.54, 1.807) is 18.0 Å². The molecule has 1 amide bonds. The van der Waals surface area contributed by atoms with Crippen LogP contribution in [0.5, 0.6) is 0 Å². The Kier molecular flexibility index (Phi) is 5.47. The Morgan fingerprint density at radius 1 is 1.23 bits per heavy atom. The Morgan fingerprint density at radius 2 is 2.06 bits per heavy atom. The van der Waals surface area contributed by atoms with Gasteiger partial charge in [-0.2, -0.15) is 0 Å². The molecule has 1 saturated heterocycles. The van der Waals surface area contributed by atoms with Crippen molar-refractivity contribution < 1.29 is 4.79 Å². The lowest BCUT2D eigenvalue weighted by Crippen LogP contribution is -2.42. The average molecular weight is 451 g/mol. The fraction of sp³-hybridized carbons (Fsp3) is 0.273. The Morgan fingerprint density at radius 3 is 2.87 bits per heavy atom. The van der Waals surface area contributed by atoms with Crippen molar-refractivity contribution in [2.45, 2.75) is 23.8 Å². The van der Waals surface area contributed by atoms with E-state index < -0.39 is 0 Å². The number of anilines is 2. The van der Waals surface area contributed by atoms with Gasteiger partial charge in [-0.15, -0.1) is 23.1 Å². The van der Waals surface area contributed by atoms with E-state index in [-0.39, 0.29) is 11.9 Å². The number of nitrogens with one attached hydrogen (secondary N) is 1. The summed E-state index contributed by atoms with van der Waals surface area (Å²) in [5.74, 6) is 0.493. The van der Waals surface area contributed by atoms with E-state index in [1.807, 2.05) is 35.4 Å². The summed E-state index contributed by atoms with van der Waals surface area (Å²) in [6, 6.07) is 12.2. The van der Waals surface area contributed by atoms with Crippen LogP contribution in [-0.2, 0) is 0 Å². The van der Waals surface area contributed by atoms with Gasteiger partial charge in [0.1, 0.15) is 0 Å². The molecular formula is C22H22N6OS2. The predicted octanol–water partition coefficient (Wildman–Crippen LogP) is 4.27. The summed E-state index contributed by atoms with van der Waals surface area (Å²) in [6.45, 7) is 1.37. The Balaban J connectivity index is 1.48. The maximum absolute atomic E-state index is 13.0. The number of fused-ring (bicyclic) bond motifs is 3. The number of amides is 1. The first-order chi connectivity index (χ1) is 15.1. The van der Waals surface area contributed by atoms with E-state index >= 15 is 0 Å². The summed E-state index contributed by atoms with van der Waals surface area (Å²) in [5.41, 5.74) is 8.49. The number of benzene rings is 2. The summed E-state index contributed by atoms with van der Waals surface area (Å²) in [7, 11) is 0. The fourth-order valence-electron chi connectivity index (χ4n) is 3.70. The number of likely N-dealkylation sites (tertiary alicyclic amines) is 1. The highest BCUT2D eigenvalue weighted by Crippen LogP contribution is 2.31. The van der Waals surface area contributed by atoms with E-state index in [9.17, 15) is 4.79 Å². The maximum Gasteiger partial charge on any atom is 0.282 e. The SMILES string of the molecule is CSc1cccc(Nc2ncc3ccc4nc(C(=O)N5CCC(N)CC5)sc4c3n2)c1. The molecule has 31 heavy (non-hydrogen) atoms. The zero-order valence-corrected chi connectivity index (χ0v) is 18.7. The number of nitrogens with zero attached hydrogens (tertiary/aromatic N) is 4. The summed E-state index contributed by atoms with van der Waals surface area (Å²) in [4.78, 5) is 29.8. The predicted molar refractivity (Wildman–Crippen MR) is 127 cm³/mol. The minimum absolute atomic E-state index is 0.0254. The molecule has 1 aliphatic rings. The highest BCUT2D eigenvalue weighted by Gasteiger charge is 2.24. The van der Waals surface area contributed by atoms with Gasteiger partial charge in [0.2, 0.25) is 5.95 Å². The number of carbonyl (C=O) groups excluding carboxylic acids is 1. The smallest absolute Gasteiger partial charge is 0.282 e. The number of hydrogen-bond acceptors (Lipinski definition) is 8. The third-order valence-corrected chi connectivity index (χ3v) is 7.23. The van der Waals surface area contributed by atoms with Crippen LogP contribution < -0.4 is 11.1 Å². The molecule has 0 unspecified atom stereocenters. The topological polar surface area (TPSA) is 97.0 Å². The van der Waals surface area contributed by atoms with Crippen LogP contribution in [0.15, 0.2) is 47.5 Å². The number of rotatable bonds is 4. The van der Waals surface area contributed by atoms with E-state index in [2.05, 4.69) is 27.4 Å². The number of aromatic nitrogens is 3. The highest BCUT2D eigenvalue weighted by molar-refractivity contribution is 7.98. The second-order valence-electron chi connectivity index (χ2n) is 7.55. The molecule has 1 fully saturated rings. The molecular weight excluding hydrogens is 428 g/mol. The van der Waals surface area contributed by atoms with Crippen LogP contribution in [0.4, 0.5) is 11.6 Å². The van der Waals surface area contributed by atoms with Gasteiger partial charge in [-0.1, -0.05) is 6.07 Å². The van der Waals surface area contributed by atoms with Gasteiger partial charge in [-0.3, -0.25) is 4.79 Å². The van der Waals surface area contributed by atoms with Crippen molar-refractivity contribution in [2.75, 3.05) is 24.7 Å². The lowest BCUT2D eigenvalue weighted by Gasteiger charge is -2.29. The molecule has 0 atom stereocenters. The second-order valence-corrected chi connectivity index (χ2v) is 9.43. The van der Waals surface area contributed by atoms with Gasteiger partial charge in [0.25, 0.3) is 5.91 Å². The zero-order chi connectivity index (χ0) is 21.4. The summed E-state index contributed by atoms with van der Waals surface area (Å²) in [5, 5.41) is 4.70. The molecule has 158 valence electrons. The molecule has 3 heterocycles. The minimum Gasteiger partial charge on any atom is -0.336 e. The van der Waals surface area contributed by atoms with Gasteiger partial charge in [0.05, 0.1) is 15.7 Å². The monoisotopic (exact) mass is 450 g/mol. The van der Waals surface area contributed by atoms with Crippen LogP contribution in [0, 0.1) is 0 Å². The van der Waals surface area contributed by atoms with E-state index in [1.165, 1.54) is 11.3 Å². The first kappa shape index (κ1) is 20.2. The van der Waals surface area contributed by atoms with Gasteiger partial charge < -0.3 is 16.0 Å². The van der Waals surface area contributed by atoms with Gasteiger partial charge in [0, 0.05) is 41.3 Å². The number of carbonyl (C=O) groups is 1. The molecule has 5 rings (SSSR count). The molecule has 9 heteroatoms. The lowest BCUT2D eigenvalue weighted by atomic mass is 10.1. The first-order valence-corrected chi connectivity index (χ1v) is 12.2. The number of piperidine rings is 1. The largest absolute Gasteiger partial charge is 0.336 e. The van der Waals surface area contributed by atoms with Crippen molar-refractivity contribution in [3.8, 4) is 0 Å². The minimum atomic E-state index is -0.0254. The van der Waals surface area contributed by atoms with Crippen LogP contribution in [0.3, 0.4) is 0 Å². The van der Waals surface area contributed by atoms with Crippen LogP contribution in [-0.4, -0.2) is 51.1 Å².